The maximum atomic E-state index is 13.0. The molecule has 0 spiro atoms. The largest absolute Gasteiger partial charge is 0.301 e. The van der Waals surface area contributed by atoms with Crippen molar-refractivity contribution < 1.29 is 13.2 Å². The standard InChI is InChI=1S/C18H20ClN3O3S2/c19-12-7-9-13(10-8-12)27(24,25)22-11-3-5-15(22)17(23)21-18-20-14-4-1-2-6-16(14)26-18/h7-10,15H,1-6,11H2,(H,20,21,23)/t15-/m1/s1. The van der Waals surface area contributed by atoms with Gasteiger partial charge in [-0.25, -0.2) is 13.4 Å². The van der Waals surface area contributed by atoms with E-state index in [1.807, 2.05) is 0 Å². The Hall–Kier alpha value is -1.48. The summed E-state index contributed by atoms with van der Waals surface area (Å²) >= 11 is 7.36. The minimum Gasteiger partial charge on any atom is -0.301 e. The summed E-state index contributed by atoms with van der Waals surface area (Å²) in [5.41, 5.74) is 1.07. The maximum Gasteiger partial charge on any atom is 0.244 e. The molecule has 2 heterocycles. The van der Waals surface area contributed by atoms with Gasteiger partial charge in [-0.05, 0) is 62.8 Å². The monoisotopic (exact) mass is 425 g/mol. The molecule has 2 aliphatic rings. The van der Waals surface area contributed by atoms with E-state index >= 15 is 0 Å². The molecule has 144 valence electrons. The van der Waals surface area contributed by atoms with Gasteiger partial charge in [0.1, 0.15) is 6.04 Å². The lowest BCUT2D eigenvalue weighted by molar-refractivity contribution is -0.119. The Morgan fingerprint density at radius 1 is 1.19 bits per heavy atom. The second kappa shape index (κ2) is 7.50. The van der Waals surface area contributed by atoms with Crippen molar-refractivity contribution in [2.75, 3.05) is 11.9 Å². The number of hydrogen-bond donors (Lipinski definition) is 1. The Morgan fingerprint density at radius 3 is 2.67 bits per heavy atom. The van der Waals surface area contributed by atoms with E-state index < -0.39 is 16.1 Å². The fourth-order valence-corrected chi connectivity index (χ4v) is 6.46. The summed E-state index contributed by atoms with van der Waals surface area (Å²) in [6, 6.07) is 5.31. The quantitative estimate of drug-likeness (QED) is 0.813. The highest BCUT2D eigenvalue weighted by atomic mass is 35.5. The molecule has 2 aromatic rings. The van der Waals surface area contributed by atoms with Crippen molar-refractivity contribution in [2.45, 2.75) is 49.5 Å². The fourth-order valence-electron chi connectivity index (χ4n) is 3.63. The molecule has 1 N–H and O–H groups in total. The lowest BCUT2D eigenvalue weighted by Crippen LogP contribution is -2.43. The van der Waals surface area contributed by atoms with Crippen molar-refractivity contribution in [3.05, 3.63) is 39.9 Å². The smallest absolute Gasteiger partial charge is 0.244 e. The summed E-state index contributed by atoms with van der Waals surface area (Å²) < 4.78 is 27.2. The van der Waals surface area contributed by atoms with Crippen LogP contribution in [0.1, 0.15) is 36.3 Å². The van der Waals surface area contributed by atoms with E-state index in [0.29, 0.717) is 29.5 Å². The number of thiazole rings is 1. The first-order valence-corrected chi connectivity index (χ1v) is 11.7. The summed E-state index contributed by atoms with van der Waals surface area (Å²) in [6.45, 7) is 0.331. The van der Waals surface area contributed by atoms with Crippen molar-refractivity contribution in [2.24, 2.45) is 0 Å². The van der Waals surface area contributed by atoms with E-state index in [1.54, 1.807) is 12.1 Å². The summed E-state index contributed by atoms with van der Waals surface area (Å²) in [7, 11) is -3.75. The van der Waals surface area contributed by atoms with Crippen LogP contribution in [0.4, 0.5) is 5.13 Å². The number of carbonyl (C=O) groups excluding carboxylic acids is 1. The Balaban J connectivity index is 1.53. The molecule has 9 heteroatoms. The highest BCUT2D eigenvalue weighted by Gasteiger charge is 2.39. The van der Waals surface area contributed by atoms with Gasteiger partial charge in [-0.2, -0.15) is 4.31 Å². The number of carbonyl (C=O) groups is 1. The zero-order valence-electron chi connectivity index (χ0n) is 14.7. The Morgan fingerprint density at radius 2 is 1.93 bits per heavy atom. The molecule has 0 bridgehead atoms. The number of hydrogen-bond acceptors (Lipinski definition) is 5. The third-order valence-electron chi connectivity index (χ3n) is 5.00. The molecule has 0 radical (unpaired) electrons. The van der Waals surface area contributed by atoms with Gasteiger partial charge in [-0.3, -0.25) is 4.79 Å². The number of aromatic nitrogens is 1. The van der Waals surface area contributed by atoms with Gasteiger partial charge in [0, 0.05) is 16.4 Å². The predicted octanol–water partition coefficient (Wildman–Crippen LogP) is 3.47. The number of sulfonamides is 1. The lowest BCUT2D eigenvalue weighted by atomic mass is 10.0. The SMILES string of the molecule is O=C(Nc1nc2c(s1)CCCC2)[C@H]1CCCN1S(=O)(=O)c1ccc(Cl)cc1. The number of rotatable bonds is 4. The molecule has 1 aromatic heterocycles. The van der Waals surface area contributed by atoms with Gasteiger partial charge in [-0.1, -0.05) is 11.6 Å². The van der Waals surface area contributed by atoms with Gasteiger partial charge in [-0.15, -0.1) is 11.3 Å². The second-order valence-corrected chi connectivity index (χ2v) is 10.2. The van der Waals surface area contributed by atoms with Gasteiger partial charge >= 0.3 is 0 Å². The average Bonchev–Trinajstić information content (AvgIpc) is 3.29. The lowest BCUT2D eigenvalue weighted by Gasteiger charge is -2.23. The third-order valence-corrected chi connectivity index (χ3v) is 8.25. The molecule has 1 aliphatic heterocycles. The molecule has 6 nitrogen and oxygen atoms in total. The Kier molecular flexibility index (Phi) is 5.24. The number of nitrogens with zero attached hydrogens (tertiary/aromatic N) is 2. The number of amides is 1. The van der Waals surface area contributed by atoms with Gasteiger partial charge in [0.05, 0.1) is 10.6 Å². The minimum atomic E-state index is -3.75. The molecule has 1 aliphatic carbocycles. The van der Waals surface area contributed by atoms with Gasteiger partial charge in [0.15, 0.2) is 5.13 Å². The summed E-state index contributed by atoms with van der Waals surface area (Å²) in [5.74, 6) is -0.309. The van der Waals surface area contributed by atoms with Crippen LogP contribution in [0.2, 0.25) is 5.02 Å². The van der Waals surface area contributed by atoms with Gasteiger partial charge in [0.2, 0.25) is 15.9 Å². The molecule has 0 unspecified atom stereocenters. The van der Waals surface area contributed by atoms with E-state index in [1.165, 1.54) is 32.7 Å². The highest BCUT2D eigenvalue weighted by Crippen LogP contribution is 2.31. The minimum absolute atomic E-state index is 0.149. The van der Waals surface area contributed by atoms with Gasteiger partial charge in [0.25, 0.3) is 0 Å². The van der Waals surface area contributed by atoms with E-state index in [-0.39, 0.29) is 10.8 Å². The van der Waals surface area contributed by atoms with Crippen molar-refractivity contribution in [3.8, 4) is 0 Å². The predicted molar refractivity (Wildman–Crippen MR) is 106 cm³/mol. The number of nitrogens with one attached hydrogen (secondary N) is 1. The molecule has 4 rings (SSSR count). The molecule has 1 saturated heterocycles. The van der Waals surface area contributed by atoms with Crippen molar-refractivity contribution in [3.63, 3.8) is 0 Å². The molecule has 27 heavy (non-hydrogen) atoms. The maximum absolute atomic E-state index is 13.0. The third kappa shape index (κ3) is 3.76. The number of anilines is 1. The van der Waals surface area contributed by atoms with E-state index in [0.717, 1.165) is 31.4 Å². The highest BCUT2D eigenvalue weighted by molar-refractivity contribution is 7.89. The van der Waals surface area contributed by atoms with Crippen molar-refractivity contribution >= 4 is 44.0 Å². The summed E-state index contributed by atoms with van der Waals surface area (Å²) in [4.78, 5) is 18.7. The normalized spacial score (nSPS) is 20.4. The van der Waals surface area contributed by atoms with Crippen LogP contribution in [0, 0.1) is 0 Å². The van der Waals surface area contributed by atoms with Crippen LogP contribution in [-0.2, 0) is 27.7 Å². The van der Waals surface area contributed by atoms with E-state index in [2.05, 4.69) is 10.3 Å². The van der Waals surface area contributed by atoms with Gasteiger partial charge < -0.3 is 5.32 Å². The Labute approximate surface area is 167 Å². The first-order chi connectivity index (χ1) is 12.9. The number of aryl methyl sites for hydroxylation is 2. The zero-order valence-corrected chi connectivity index (χ0v) is 17.0. The molecular formula is C18H20ClN3O3S2. The molecule has 1 fully saturated rings. The number of fused-ring (bicyclic) bond motifs is 1. The fraction of sp³-hybridized carbons (Fsp3) is 0.444. The van der Waals surface area contributed by atoms with Crippen LogP contribution >= 0.6 is 22.9 Å². The van der Waals surface area contributed by atoms with Crippen LogP contribution in [-0.4, -0.2) is 36.2 Å². The number of benzene rings is 1. The molecule has 1 amide bonds. The molecule has 1 aromatic carbocycles. The van der Waals surface area contributed by atoms with Crippen molar-refractivity contribution in [1.29, 1.82) is 0 Å². The van der Waals surface area contributed by atoms with Crippen LogP contribution in [0.25, 0.3) is 0 Å². The first-order valence-electron chi connectivity index (χ1n) is 9.02. The average molecular weight is 426 g/mol. The summed E-state index contributed by atoms with van der Waals surface area (Å²) in [5, 5.41) is 3.89. The van der Waals surface area contributed by atoms with Crippen molar-refractivity contribution in [1.82, 2.24) is 9.29 Å². The zero-order chi connectivity index (χ0) is 19.0. The number of halogens is 1. The van der Waals surface area contributed by atoms with Crippen LogP contribution in [0.5, 0.6) is 0 Å². The van der Waals surface area contributed by atoms with Crippen LogP contribution in [0.15, 0.2) is 29.2 Å². The topological polar surface area (TPSA) is 79.4 Å². The van der Waals surface area contributed by atoms with Crippen LogP contribution < -0.4 is 5.32 Å². The van der Waals surface area contributed by atoms with E-state index in [9.17, 15) is 13.2 Å². The van der Waals surface area contributed by atoms with Crippen LogP contribution in [0.3, 0.4) is 0 Å². The Bertz CT molecular complexity index is 933. The first kappa shape index (κ1) is 18.9. The second-order valence-electron chi connectivity index (χ2n) is 6.81. The van der Waals surface area contributed by atoms with E-state index in [4.69, 9.17) is 11.6 Å². The molecule has 1 atom stereocenters. The molecular weight excluding hydrogens is 406 g/mol. The summed E-state index contributed by atoms with van der Waals surface area (Å²) in [6.07, 6.45) is 5.38. The molecule has 0 saturated carbocycles.